The van der Waals surface area contributed by atoms with Crippen LogP contribution in [0.25, 0.3) is 0 Å². The number of carbonyl (C=O) groups excluding carboxylic acids is 1. The SMILES string of the molecule is Cc1ccc(C)c(C(=O)c2ccc(Oc3ccc(P(=O)(O)O)cc3)cc2)c1. The molecule has 0 bridgehead atoms. The highest BCUT2D eigenvalue weighted by Gasteiger charge is 2.16. The summed E-state index contributed by atoms with van der Waals surface area (Å²) in [5, 5.41) is -0.0654. The predicted octanol–water partition coefficient (Wildman–Crippen LogP) is 4.13. The number of benzene rings is 3. The molecule has 0 heterocycles. The van der Waals surface area contributed by atoms with Crippen LogP contribution in [0, 0.1) is 13.8 Å². The lowest BCUT2D eigenvalue weighted by Crippen LogP contribution is -2.04. The largest absolute Gasteiger partial charge is 0.457 e. The van der Waals surface area contributed by atoms with Crippen LogP contribution in [0.15, 0.2) is 66.7 Å². The normalized spacial score (nSPS) is 11.3. The zero-order chi connectivity index (χ0) is 19.6. The third-order valence-corrected chi connectivity index (χ3v) is 5.13. The van der Waals surface area contributed by atoms with Gasteiger partial charge < -0.3 is 14.5 Å². The molecule has 0 unspecified atom stereocenters. The van der Waals surface area contributed by atoms with Gasteiger partial charge in [-0.1, -0.05) is 17.7 Å². The summed E-state index contributed by atoms with van der Waals surface area (Å²) in [7, 11) is -4.27. The van der Waals surface area contributed by atoms with E-state index in [0.29, 0.717) is 22.6 Å². The molecule has 0 aliphatic rings. The number of hydrogen-bond donors (Lipinski definition) is 2. The van der Waals surface area contributed by atoms with Crippen LogP contribution in [-0.4, -0.2) is 15.6 Å². The van der Waals surface area contributed by atoms with Crippen molar-refractivity contribution in [3.63, 3.8) is 0 Å². The highest BCUT2D eigenvalue weighted by molar-refractivity contribution is 7.60. The zero-order valence-corrected chi connectivity index (χ0v) is 15.8. The quantitative estimate of drug-likeness (QED) is 0.512. The number of carbonyl (C=O) groups is 1. The van der Waals surface area contributed by atoms with Crippen LogP contribution in [0.1, 0.15) is 27.0 Å². The minimum absolute atomic E-state index is 0.0475. The molecule has 0 aliphatic heterocycles. The van der Waals surface area contributed by atoms with Gasteiger partial charge in [-0.05, 0) is 74.0 Å². The fraction of sp³-hybridized carbons (Fsp3) is 0.0952. The van der Waals surface area contributed by atoms with Crippen molar-refractivity contribution in [2.45, 2.75) is 13.8 Å². The summed E-state index contributed by atoms with van der Waals surface area (Å²) < 4.78 is 16.9. The van der Waals surface area contributed by atoms with Gasteiger partial charge >= 0.3 is 7.60 Å². The molecule has 0 atom stereocenters. The lowest BCUT2D eigenvalue weighted by Gasteiger charge is -2.09. The molecule has 0 fully saturated rings. The second kappa shape index (κ2) is 7.49. The zero-order valence-electron chi connectivity index (χ0n) is 14.9. The van der Waals surface area contributed by atoms with Crippen LogP contribution < -0.4 is 10.0 Å². The summed E-state index contributed by atoms with van der Waals surface area (Å²) in [4.78, 5) is 30.9. The second-order valence-corrected chi connectivity index (χ2v) is 7.92. The first-order chi connectivity index (χ1) is 12.7. The monoisotopic (exact) mass is 382 g/mol. The van der Waals surface area contributed by atoms with E-state index in [1.165, 1.54) is 24.3 Å². The van der Waals surface area contributed by atoms with Crippen LogP contribution in [0.3, 0.4) is 0 Å². The third kappa shape index (κ3) is 4.52. The summed E-state index contributed by atoms with van der Waals surface area (Å²) in [5.41, 5.74) is 3.20. The maximum atomic E-state index is 12.7. The van der Waals surface area contributed by atoms with Crippen LogP contribution in [0.2, 0.25) is 0 Å². The van der Waals surface area contributed by atoms with Crippen molar-refractivity contribution in [2.24, 2.45) is 0 Å². The molecule has 0 radical (unpaired) electrons. The molecule has 5 nitrogen and oxygen atoms in total. The van der Waals surface area contributed by atoms with E-state index in [1.807, 2.05) is 32.0 Å². The Kier molecular flexibility index (Phi) is 5.29. The first-order valence-electron chi connectivity index (χ1n) is 8.30. The number of ether oxygens (including phenoxy) is 1. The Balaban J connectivity index is 1.76. The maximum Gasteiger partial charge on any atom is 0.356 e. The van der Waals surface area contributed by atoms with Crippen LogP contribution in [0.5, 0.6) is 11.5 Å². The summed E-state index contributed by atoms with van der Waals surface area (Å²) in [5.74, 6) is 0.922. The Bertz CT molecular complexity index is 1020. The molecular formula is C21H19O5P. The summed E-state index contributed by atoms with van der Waals surface area (Å²) >= 11 is 0. The molecule has 0 amide bonds. The average molecular weight is 382 g/mol. The Morgan fingerprint density at radius 2 is 1.41 bits per heavy atom. The van der Waals surface area contributed by atoms with Crippen molar-refractivity contribution in [2.75, 3.05) is 0 Å². The highest BCUT2D eigenvalue weighted by atomic mass is 31.2. The maximum absolute atomic E-state index is 12.7. The van der Waals surface area contributed by atoms with Gasteiger partial charge in [0.15, 0.2) is 5.78 Å². The first-order valence-corrected chi connectivity index (χ1v) is 9.91. The van der Waals surface area contributed by atoms with Gasteiger partial charge in [-0.25, -0.2) is 0 Å². The smallest absolute Gasteiger partial charge is 0.356 e. The Morgan fingerprint density at radius 3 is 1.96 bits per heavy atom. The molecule has 3 rings (SSSR count). The predicted molar refractivity (Wildman–Crippen MR) is 104 cm³/mol. The summed E-state index contributed by atoms with van der Waals surface area (Å²) in [6.45, 7) is 3.86. The van der Waals surface area contributed by atoms with Crippen LogP contribution in [-0.2, 0) is 4.57 Å². The molecule has 3 aromatic rings. The van der Waals surface area contributed by atoms with Gasteiger partial charge in [0.2, 0.25) is 0 Å². The van der Waals surface area contributed by atoms with Gasteiger partial charge in [0, 0.05) is 11.1 Å². The van der Waals surface area contributed by atoms with Gasteiger partial charge in [-0.2, -0.15) is 0 Å². The topological polar surface area (TPSA) is 83.8 Å². The average Bonchev–Trinajstić information content (AvgIpc) is 2.63. The molecule has 0 saturated carbocycles. The Labute approximate surface area is 157 Å². The van der Waals surface area contributed by atoms with Crippen molar-refractivity contribution >= 4 is 18.7 Å². The number of aryl methyl sites for hydroxylation is 2. The molecule has 2 N–H and O–H groups in total. The molecule has 138 valence electrons. The lowest BCUT2D eigenvalue weighted by atomic mass is 9.97. The van der Waals surface area contributed by atoms with E-state index >= 15 is 0 Å². The van der Waals surface area contributed by atoms with Gasteiger partial charge in [-0.3, -0.25) is 9.36 Å². The van der Waals surface area contributed by atoms with Gasteiger partial charge in [0.25, 0.3) is 0 Å². The van der Waals surface area contributed by atoms with Crippen molar-refractivity contribution in [1.29, 1.82) is 0 Å². The van der Waals surface area contributed by atoms with Crippen LogP contribution in [0.4, 0.5) is 0 Å². The molecular weight excluding hydrogens is 363 g/mol. The van der Waals surface area contributed by atoms with Crippen molar-refractivity contribution < 1.29 is 23.9 Å². The van der Waals surface area contributed by atoms with E-state index in [9.17, 15) is 9.36 Å². The minimum atomic E-state index is -4.27. The summed E-state index contributed by atoms with van der Waals surface area (Å²) in [6.07, 6.45) is 0. The fourth-order valence-corrected chi connectivity index (χ4v) is 3.19. The van der Waals surface area contributed by atoms with Crippen molar-refractivity contribution in [1.82, 2.24) is 0 Å². The highest BCUT2D eigenvalue weighted by Crippen LogP contribution is 2.34. The van der Waals surface area contributed by atoms with Crippen molar-refractivity contribution in [3.8, 4) is 11.5 Å². The Hall–Kier alpha value is -2.72. The summed E-state index contributed by atoms with van der Waals surface area (Å²) in [6, 6.07) is 18.2. The number of ketones is 1. The van der Waals surface area contributed by atoms with E-state index in [4.69, 9.17) is 14.5 Å². The minimum Gasteiger partial charge on any atom is -0.457 e. The van der Waals surface area contributed by atoms with E-state index in [1.54, 1.807) is 24.3 Å². The molecule has 0 aliphatic carbocycles. The van der Waals surface area contributed by atoms with E-state index in [2.05, 4.69) is 0 Å². The molecule has 0 saturated heterocycles. The molecule has 27 heavy (non-hydrogen) atoms. The van der Waals surface area contributed by atoms with Crippen LogP contribution >= 0.6 is 7.60 Å². The molecule has 0 spiro atoms. The van der Waals surface area contributed by atoms with Gasteiger partial charge in [-0.15, -0.1) is 0 Å². The number of rotatable bonds is 5. The first kappa shape index (κ1) is 19.1. The number of hydrogen-bond acceptors (Lipinski definition) is 3. The molecule has 6 heteroatoms. The third-order valence-electron chi connectivity index (χ3n) is 4.16. The van der Waals surface area contributed by atoms with E-state index in [0.717, 1.165) is 11.1 Å². The van der Waals surface area contributed by atoms with Crippen molar-refractivity contribution in [3.05, 3.63) is 89.0 Å². The van der Waals surface area contributed by atoms with E-state index in [-0.39, 0.29) is 11.1 Å². The Morgan fingerprint density at radius 1 is 0.852 bits per heavy atom. The van der Waals surface area contributed by atoms with E-state index < -0.39 is 7.60 Å². The second-order valence-electron chi connectivity index (χ2n) is 6.31. The van der Waals surface area contributed by atoms with Gasteiger partial charge in [0.1, 0.15) is 11.5 Å². The molecule has 0 aromatic heterocycles. The lowest BCUT2D eigenvalue weighted by molar-refractivity contribution is 0.103. The standard InChI is InChI=1S/C21H19O5P/c1-14-3-4-15(2)20(13-14)21(22)16-5-7-17(8-6-16)26-18-9-11-19(12-10-18)27(23,24)25/h3-13H,1-2H3,(H2,23,24,25). The van der Waals surface area contributed by atoms with Gasteiger partial charge in [0.05, 0.1) is 5.30 Å². The fourth-order valence-electron chi connectivity index (χ4n) is 2.65. The molecule has 3 aromatic carbocycles.